The van der Waals surface area contributed by atoms with E-state index in [4.69, 9.17) is 0 Å². The number of hydrogen-bond donors (Lipinski definition) is 1. The zero-order chi connectivity index (χ0) is 11.8. The van der Waals surface area contributed by atoms with E-state index in [9.17, 15) is 4.79 Å². The molecule has 3 nitrogen and oxygen atoms in total. The Morgan fingerprint density at radius 1 is 1.41 bits per heavy atom. The van der Waals surface area contributed by atoms with Gasteiger partial charge in [0.1, 0.15) is 0 Å². The molecule has 0 aliphatic carbocycles. The van der Waals surface area contributed by atoms with Crippen molar-refractivity contribution in [3.8, 4) is 0 Å². The van der Waals surface area contributed by atoms with Gasteiger partial charge in [0, 0.05) is 0 Å². The Labute approximate surface area is 104 Å². The molecule has 1 N–H and O–H groups in total. The predicted molar refractivity (Wildman–Crippen MR) is 72.6 cm³/mol. The molecule has 1 aliphatic heterocycles. The average molecular weight is 248 g/mol. The molecular formula is C13H16N2OS. The van der Waals surface area contributed by atoms with Crippen LogP contribution in [0.1, 0.15) is 30.2 Å². The molecule has 1 atom stereocenters. The Balaban J connectivity index is 2.20. The number of H-pyrrole nitrogens is 1. The topological polar surface area (TPSA) is 37.8 Å². The number of para-hydroxylation sites is 1. The fourth-order valence-corrected chi connectivity index (χ4v) is 3.89. The number of nitrogens with zero attached hydrogens (tertiary/aromatic N) is 1. The molecule has 0 radical (unpaired) electrons. The summed E-state index contributed by atoms with van der Waals surface area (Å²) < 4.78 is 1.95. The normalized spacial score (nSPS) is 20.9. The molecule has 1 aromatic heterocycles. The van der Waals surface area contributed by atoms with Gasteiger partial charge in [-0.15, -0.1) is 11.8 Å². The van der Waals surface area contributed by atoms with Gasteiger partial charge in [0.15, 0.2) is 0 Å². The summed E-state index contributed by atoms with van der Waals surface area (Å²) in [6, 6.07) is 6.04. The highest BCUT2D eigenvalue weighted by molar-refractivity contribution is 7.99. The lowest BCUT2D eigenvalue weighted by Crippen LogP contribution is -2.22. The molecule has 4 heteroatoms. The summed E-state index contributed by atoms with van der Waals surface area (Å²) >= 11 is 1.90. The standard InChI is InChI=1S/C13H16N2OS/c1-9-5-4-6-10-12(9)15(13(16)14-10)11-7-2-3-8-17-11/h4-6,11H,2-3,7-8H2,1H3,(H,14,16). The van der Waals surface area contributed by atoms with Crippen molar-refractivity contribution in [2.24, 2.45) is 0 Å². The van der Waals surface area contributed by atoms with Crippen molar-refractivity contribution in [3.63, 3.8) is 0 Å². The van der Waals surface area contributed by atoms with Crippen LogP contribution in [0.4, 0.5) is 0 Å². The second-order valence-corrected chi connectivity index (χ2v) is 5.88. The minimum absolute atomic E-state index is 0.0358. The molecule has 3 rings (SSSR count). The largest absolute Gasteiger partial charge is 0.327 e. The molecule has 0 saturated carbocycles. The van der Waals surface area contributed by atoms with Gasteiger partial charge in [-0.3, -0.25) is 4.57 Å². The monoisotopic (exact) mass is 248 g/mol. The van der Waals surface area contributed by atoms with E-state index in [1.54, 1.807) is 0 Å². The SMILES string of the molecule is Cc1cccc2[nH]c(=O)n(C3CCCCS3)c12. The molecule has 0 bridgehead atoms. The lowest BCUT2D eigenvalue weighted by Gasteiger charge is -2.22. The van der Waals surface area contributed by atoms with Crippen LogP contribution in [0, 0.1) is 6.92 Å². The lowest BCUT2D eigenvalue weighted by atomic mass is 10.2. The van der Waals surface area contributed by atoms with Crippen LogP contribution in [0.15, 0.2) is 23.0 Å². The van der Waals surface area contributed by atoms with Gasteiger partial charge in [-0.05, 0) is 43.6 Å². The maximum Gasteiger partial charge on any atom is 0.327 e. The third-order valence-electron chi connectivity index (χ3n) is 3.38. The van der Waals surface area contributed by atoms with Gasteiger partial charge in [-0.25, -0.2) is 4.79 Å². The maximum atomic E-state index is 12.1. The highest BCUT2D eigenvalue weighted by Crippen LogP contribution is 2.35. The van der Waals surface area contributed by atoms with Crippen LogP contribution in [-0.4, -0.2) is 15.3 Å². The van der Waals surface area contributed by atoms with Crippen molar-refractivity contribution < 1.29 is 0 Å². The van der Waals surface area contributed by atoms with E-state index in [0.29, 0.717) is 5.37 Å². The first kappa shape index (κ1) is 11.0. The van der Waals surface area contributed by atoms with Gasteiger partial charge in [0.25, 0.3) is 0 Å². The molecule has 1 aliphatic rings. The van der Waals surface area contributed by atoms with Crippen molar-refractivity contribution in [1.29, 1.82) is 0 Å². The van der Waals surface area contributed by atoms with Crippen molar-refractivity contribution in [1.82, 2.24) is 9.55 Å². The number of nitrogens with one attached hydrogen (secondary N) is 1. The predicted octanol–water partition coefficient (Wildman–Crippen LogP) is 3.05. The minimum atomic E-state index is 0.0358. The molecular weight excluding hydrogens is 232 g/mol. The fourth-order valence-electron chi connectivity index (χ4n) is 2.56. The van der Waals surface area contributed by atoms with Gasteiger partial charge in [-0.2, -0.15) is 0 Å². The molecule has 0 spiro atoms. The fraction of sp³-hybridized carbons (Fsp3) is 0.462. The molecule has 2 aromatic rings. The summed E-state index contributed by atoms with van der Waals surface area (Å²) in [6.45, 7) is 2.07. The number of benzene rings is 1. The molecule has 90 valence electrons. The summed E-state index contributed by atoms with van der Waals surface area (Å²) in [4.78, 5) is 15.0. The number of rotatable bonds is 1. The van der Waals surface area contributed by atoms with E-state index in [1.165, 1.54) is 18.4 Å². The summed E-state index contributed by atoms with van der Waals surface area (Å²) in [6.07, 6.45) is 3.60. The van der Waals surface area contributed by atoms with E-state index in [0.717, 1.165) is 23.2 Å². The number of imidazole rings is 1. The Bertz CT molecular complexity index is 593. The van der Waals surface area contributed by atoms with Crippen LogP contribution >= 0.6 is 11.8 Å². The van der Waals surface area contributed by atoms with Crippen LogP contribution in [0.25, 0.3) is 11.0 Å². The lowest BCUT2D eigenvalue weighted by molar-refractivity contribution is 0.568. The van der Waals surface area contributed by atoms with E-state index < -0.39 is 0 Å². The first-order chi connectivity index (χ1) is 8.27. The minimum Gasteiger partial charge on any atom is -0.305 e. The quantitative estimate of drug-likeness (QED) is 0.842. The Kier molecular flexibility index (Phi) is 2.74. The summed E-state index contributed by atoms with van der Waals surface area (Å²) in [5, 5.41) is 0.311. The molecule has 2 heterocycles. The summed E-state index contributed by atoms with van der Waals surface area (Å²) in [5.74, 6) is 1.16. The molecule has 17 heavy (non-hydrogen) atoms. The van der Waals surface area contributed by atoms with Gasteiger partial charge in [0.2, 0.25) is 0 Å². The average Bonchev–Trinajstić information content (AvgIpc) is 2.68. The van der Waals surface area contributed by atoms with Crippen molar-refractivity contribution in [2.75, 3.05) is 5.75 Å². The highest BCUT2D eigenvalue weighted by atomic mass is 32.2. The number of aryl methyl sites for hydroxylation is 1. The molecule has 1 fully saturated rings. The zero-order valence-electron chi connectivity index (χ0n) is 9.90. The van der Waals surface area contributed by atoms with Crippen LogP contribution in [0.2, 0.25) is 0 Å². The highest BCUT2D eigenvalue weighted by Gasteiger charge is 2.20. The van der Waals surface area contributed by atoms with E-state index in [1.807, 2.05) is 28.5 Å². The van der Waals surface area contributed by atoms with Gasteiger partial charge in [0.05, 0.1) is 16.4 Å². The second kappa shape index (κ2) is 4.26. The first-order valence-electron chi connectivity index (χ1n) is 6.09. The smallest absolute Gasteiger partial charge is 0.305 e. The number of thioether (sulfide) groups is 1. The van der Waals surface area contributed by atoms with Crippen LogP contribution in [0.5, 0.6) is 0 Å². The molecule has 0 amide bonds. The van der Waals surface area contributed by atoms with Crippen LogP contribution in [0.3, 0.4) is 0 Å². The third kappa shape index (κ3) is 1.80. The van der Waals surface area contributed by atoms with Crippen molar-refractivity contribution >= 4 is 22.8 Å². The van der Waals surface area contributed by atoms with E-state index in [2.05, 4.69) is 18.0 Å². The number of fused-ring (bicyclic) bond motifs is 1. The second-order valence-electron chi connectivity index (χ2n) is 4.59. The zero-order valence-corrected chi connectivity index (χ0v) is 10.7. The number of aromatic amines is 1. The number of hydrogen-bond acceptors (Lipinski definition) is 2. The Morgan fingerprint density at radius 2 is 2.29 bits per heavy atom. The van der Waals surface area contributed by atoms with Crippen LogP contribution in [-0.2, 0) is 0 Å². The number of aromatic nitrogens is 2. The Hall–Kier alpha value is -1.16. The van der Waals surface area contributed by atoms with Crippen molar-refractivity contribution in [3.05, 3.63) is 34.2 Å². The van der Waals surface area contributed by atoms with Crippen LogP contribution < -0.4 is 5.69 Å². The molecule has 1 saturated heterocycles. The van der Waals surface area contributed by atoms with Gasteiger partial charge >= 0.3 is 5.69 Å². The maximum absolute atomic E-state index is 12.1. The molecule has 1 aromatic carbocycles. The molecule has 1 unspecified atom stereocenters. The van der Waals surface area contributed by atoms with Gasteiger partial charge < -0.3 is 4.98 Å². The van der Waals surface area contributed by atoms with Crippen molar-refractivity contribution in [2.45, 2.75) is 31.6 Å². The van der Waals surface area contributed by atoms with Gasteiger partial charge in [-0.1, -0.05) is 12.1 Å². The summed E-state index contributed by atoms with van der Waals surface area (Å²) in [5.41, 5.74) is 3.25. The third-order valence-corrected chi connectivity index (χ3v) is 4.74. The Morgan fingerprint density at radius 3 is 3.06 bits per heavy atom. The first-order valence-corrected chi connectivity index (χ1v) is 7.13. The summed E-state index contributed by atoms with van der Waals surface area (Å²) in [7, 11) is 0. The van der Waals surface area contributed by atoms with E-state index >= 15 is 0 Å². The van der Waals surface area contributed by atoms with E-state index in [-0.39, 0.29) is 5.69 Å².